The Morgan fingerprint density at radius 2 is 1.74 bits per heavy atom. The normalized spacial score (nSPS) is 26.6. The average molecular weight is 402 g/mol. The monoisotopic (exact) mass is 401 g/mol. The van der Waals surface area contributed by atoms with Gasteiger partial charge < -0.3 is 9.64 Å². The highest BCUT2D eigenvalue weighted by molar-refractivity contribution is 8.01. The number of benzene rings is 2. The van der Waals surface area contributed by atoms with Gasteiger partial charge in [-0.2, -0.15) is 0 Å². The standard InChI is InChI=1S/C21H20ClNO3S/c1-21(13-22)19(23-16(24)12-17(23)27-21)20(25)26-18(14-8-4-2-5-9-14)15-10-6-3-7-11-15/h2-11,17-19H,12-13H2,1H3/t17?,19?,21-/m0/s1. The molecule has 0 aromatic heterocycles. The number of rotatable bonds is 5. The van der Waals surface area contributed by atoms with E-state index in [1.165, 1.54) is 0 Å². The molecule has 2 aromatic carbocycles. The maximum Gasteiger partial charge on any atom is 0.331 e. The average Bonchev–Trinajstić information content (AvgIpc) is 2.95. The number of nitrogens with zero attached hydrogens (tertiary/aromatic N) is 1. The Balaban J connectivity index is 1.65. The second-order valence-electron chi connectivity index (χ2n) is 7.06. The van der Waals surface area contributed by atoms with Crippen LogP contribution in [-0.4, -0.2) is 38.8 Å². The summed E-state index contributed by atoms with van der Waals surface area (Å²) in [5, 5.41) is 0.0192. The number of hydrogen-bond donors (Lipinski definition) is 0. The lowest BCUT2D eigenvalue weighted by molar-refractivity contribution is -0.164. The van der Waals surface area contributed by atoms with Crippen LogP contribution in [0.1, 0.15) is 30.6 Å². The van der Waals surface area contributed by atoms with Crippen molar-refractivity contribution in [1.29, 1.82) is 0 Å². The molecule has 0 aliphatic carbocycles. The molecule has 2 aliphatic rings. The second kappa shape index (κ2) is 7.21. The van der Waals surface area contributed by atoms with Gasteiger partial charge in [-0.1, -0.05) is 60.7 Å². The lowest BCUT2D eigenvalue weighted by Crippen LogP contribution is -2.58. The third kappa shape index (κ3) is 3.23. The first kappa shape index (κ1) is 18.4. The molecule has 2 saturated heterocycles. The van der Waals surface area contributed by atoms with Gasteiger partial charge in [0.1, 0.15) is 6.04 Å². The van der Waals surface area contributed by atoms with Crippen molar-refractivity contribution < 1.29 is 14.3 Å². The molecule has 2 fully saturated rings. The number of fused-ring (bicyclic) bond motifs is 1. The van der Waals surface area contributed by atoms with Gasteiger partial charge in [-0.05, 0) is 18.1 Å². The molecule has 4 nitrogen and oxygen atoms in total. The van der Waals surface area contributed by atoms with Gasteiger partial charge in [0.25, 0.3) is 0 Å². The Kier molecular flexibility index (Phi) is 4.91. The number of carbonyl (C=O) groups excluding carboxylic acids is 2. The van der Waals surface area contributed by atoms with E-state index in [0.29, 0.717) is 6.42 Å². The first-order valence-corrected chi connectivity index (χ1v) is 10.3. The number of β-lactam (4-membered cyclic amide) rings is 1. The molecular weight excluding hydrogens is 382 g/mol. The summed E-state index contributed by atoms with van der Waals surface area (Å²) in [5.74, 6) is -0.142. The lowest BCUT2D eigenvalue weighted by atomic mass is 9.97. The molecular formula is C21H20ClNO3S. The molecule has 6 heteroatoms. The van der Waals surface area contributed by atoms with Crippen molar-refractivity contribution in [1.82, 2.24) is 4.90 Å². The molecule has 2 unspecified atom stereocenters. The summed E-state index contributed by atoms with van der Waals surface area (Å²) in [5.41, 5.74) is 1.78. The lowest BCUT2D eigenvalue weighted by Gasteiger charge is -2.38. The van der Waals surface area contributed by atoms with Gasteiger partial charge >= 0.3 is 5.97 Å². The van der Waals surface area contributed by atoms with Gasteiger partial charge in [-0.3, -0.25) is 4.79 Å². The molecule has 4 rings (SSSR count). The van der Waals surface area contributed by atoms with Gasteiger partial charge in [0.2, 0.25) is 5.91 Å². The summed E-state index contributed by atoms with van der Waals surface area (Å²) < 4.78 is 5.45. The molecule has 2 aromatic rings. The van der Waals surface area contributed by atoms with Crippen LogP contribution < -0.4 is 0 Å². The first-order chi connectivity index (χ1) is 13.0. The van der Waals surface area contributed by atoms with E-state index in [-0.39, 0.29) is 17.2 Å². The molecule has 2 heterocycles. The van der Waals surface area contributed by atoms with Crippen molar-refractivity contribution in [3.63, 3.8) is 0 Å². The molecule has 0 spiro atoms. The van der Waals surface area contributed by atoms with E-state index in [9.17, 15) is 9.59 Å². The van der Waals surface area contributed by atoms with Crippen molar-refractivity contribution in [3.8, 4) is 0 Å². The van der Waals surface area contributed by atoms with E-state index >= 15 is 0 Å². The van der Waals surface area contributed by atoms with Gasteiger partial charge in [-0.15, -0.1) is 23.4 Å². The summed E-state index contributed by atoms with van der Waals surface area (Å²) >= 11 is 7.79. The minimum atomic E-state index is -0.666. The van der Waals surface area contributed by atoms with Crippen molar-refractivity contribution in [2.24, 2.45) is 0 Å². The Labute approximate surface area is 167 Å². The van der Waals surface area contributed by atoms with Crippen LogP contribution >= 0.6 is 23.4 Å². The van der Waals surface area contributed by atoms with Gasteiger partial charge in [0.05, 0.1) is 16.5 Å². The zero-order chi connectivity index (χ0) is 19.0. The SMILES string of the molecule is C[C@@]1(CCl)SC2CC(=O)N2C1C(=O)OC(c1ccccc1)c1ccccc1. The van der Waals surface area contributed by atoms with Crippen molar-refractivity contribution in [3.05, 3.63) is 71.8 Å². The van der Waals surface area contributed by atoms with Crippen LogP contribution in [0.5, 0.6) is 0 Å². The third-order valence-corrected chi connectivity index (χ3v) is 7.42. The summed E-state index contributed by atoms with van der Waals surface area (Å²) in [6.45, 7) is 1.93. The van der Waals surface area contributed by atoms with Crippen molar-refractivity contribution in [2.75, 3.05) is 5.88 Å². The zero-order valence-corrected chi connectivity index (χ0v) is 16.5. The number of hydrogen-bond acceptors (Lipinski definition) is 4. The molecule has 3 atom stereocenters. The van der Waals surface area contributed by atoms with E-state index in [4.69, 9.17) is 16.3 Å². The molecule has 0 saturated carbocycles. The minimum Gasteiger partial charge on any atom is -0.451 e. The molecule has 2 aliphatic heterocycles. The topological polar surface area (TPSA) is 46.6 Å². The maximum atomic E-state index is 13.2. The van der Waals surface area contributed by atoms with Gasteiger partial charge in [0, 0.05) is 5.88 Å². The maximum absolute atomic E-state index is 13.2. The van der Waals surface area contributed by atoms with Crippen LogP contribution in [0, 0.1) is 0 Å². The van der Waals surface area contributed by atoms with Crippen LogP contribution in [0.4, 0.5) is 0 Å². The Morgan fingerprint density at radius 3 is 2.22 bits per heavy atom. The zero-order valence-electron chi connectivity index (χ0n) is 14.9. The van der Waals surface area contributed by atoms with Crippen LogP contribution in [0.15, 0.2) is 60.7 Å². The number of ether oxygens (including phenoxy) is 1. The van der Waals surface area contributed by atoms with Crippen molar-refractivity contribution in [2.45, 2.75) is 35.6 Å². The Hall–Kier alpha value is -1.98. The van der Waals surface area contributed by atoms with Crippen LogP contribution in [0.2, 0.25) is 0 Å². The fourth-order valence-corrected chi connectivity index (χ4v) is 5.65. The smallest absolute Gasteiger partial charge is 0.331 e. The van der Waals surface area contributed by atoms with Gasteiger partial charge in [-0.25, -0.2) is 4.79 Å². The number of amides is 1. The largest absolute Gasteiger partial charge is 0.451 e. The summed E-state index contributed by atoms with van der Waals surface area (Å²) in [4.78, 5) is 27.0. The number of thioether (sulfide) groups is 1. The predicted octanol–water partition coefficient (Wildman–Crippen LogP) is 3.99. The van der Waals surface area contributed by atoms with Crippen LogP contribution in [-0.2, 0) is 14.3 Å². The molecule has 1 amide bonds. The number of halogens is 1. The first-order valence-electron chi connectivity index (χ1n) is 8.89. The van der Waals surface area contributed by atoms with Crippen molar-refractivity contribution >= 4 is 35.2 Å². The predicted molar refractivity (Wildman–Crippen MR) is 107 cm³/mol. The Morgan fingerprint density at radius 1 is 1.19 bits per heavy atom. The summed E-state index contributed by atoms with van der Waals surface area (Å²) in [6, 6.07) is 18.6. The molecule has 0 radical (unpaired) electrons. The molecule has 0 bridgehead atoms. The van der Waals surface area contributed by atoms with E-state index < -0.39 is 22.9 Å². The molecule has 0 N–H and O–H groups in total. The number of esters is 1. The van der Waals surface area contributed by atoms with E-state index in [1.54, 1.807) is 16.7 Å². The highest BCUT2D eigenvalue weighted by Gasteiger charge is 2.61. The summed E-state index contributed by atoms with van der Waals surface area (Å²) in [6.07, 6.45) is -0.0678. The number of carbonyl (C=O) groups is 2. The van der Waals surface area contributed by atoms with Crippen LogP contribution in [0.3, 0.4) is 0 Å². The third-order valence-electron chi connectivity index (χ3n) is 5.14. The fraction of sp³-hybridized carbons (Fsp3) is 0.333. The highest BCUT2D eigenvalue weighted by Crippen LogP contribution is 2.52. The van der Waals surface area contributed by atoms with Crippen LogP contribution in [0.25, 0.3) is 0 Å². The molecule has 27 heavy (non-hydrogen) atoms. The van der Waals surface area contributed by atoms with E-state index in [1.807, 2.05) is 67.6 Å². The molecule has 140 valence electrons. The Bertz CT molecular complexity index is 808. The fourth-order valence-electron chi connectivity index (χ4n) is 3.71. The van der Waals surface area contributed by atoms with E-state index in [2.05, 4.69) is 0 Å². The summed E-state index contributed by atoms with van der Waals surface area (Å²) in [7, 11) is 0. The quantitative estimate of drug-likeness (QED) is 0.431. The number of alkyl halides is 1. The highest BCUT2D eigenvalue weighted by atomic mass is 35.5. The minimum absolute atomic E-state index is 0.0146. The second-order valence-corrected chi connectivity index (χ2v) is 9.04. The van der Waals surface area contributed by atoms with E-state index in [0.717, 1.165) is 11.1 Å². The van der Waals surface area contributed by atoms with Gasteiger partial charge in [0.15, 0.2) is 6.10 Å².